The second kappa shape index (κ2) is 10.2. The lowest BCUT2D eigenvalue weighted by Gasteiger charge is -2.11. The molecular weight excluding hydrogens is 366 g/mol. The van der Waals surface area contributed by atoms with Gasteiger partial charge in [0.1, 0.15) is 30.2 Å². The first-order valence-electron chi connectivity index (χ1n) is 9.39. The minimum absolute atomic E-state index is 0.291. The van der Waals surface area contributed by atoms with Crippen molar-refractivity contribution in [1.29, 1.82) is 0 Å². The van der Waals surface area contributed by atoms with Gasteiger partial charge in [0.15, 0.2) is 0 Å². The first kappa shape index (κ1) is 20.3. The number of likely N-dealkylation sites (N-methyl/N-ethyl adjacent to an activating group) is 1. The molecule has 1 heterocycles. The van der Waals surface area contributed by atoms with Gasteiger partial charge in [-0.05, 0) is 43.9 Å². The number of hydrogen-bond donors (Lipinski definition) is 2. The van der Waals surface area contributed by atoms with E-state index in [4.69, 9.17) is 4.74 Å². The van der Waals surface area contributed by atoms with Gasteiger partial charge in [0.25, 0.3) is 5.91 Å². The van der Waals surface area contributed by atoms with Crippen LogP contribution in [0.1, 0.15) is 16.1 Å². The van der Waals surface area contributed by atoms with Gasteiger partial charge in [-0.1, -0.05) is 30.3 Å². The molecule has 1 aromatic heterocycles. The van der Waals surface area contributed by atoms with Crippen molar-refractivity contribution in [2.24, 2.45) is 0 Å². The van der Waals surface area contributed by atoms with E-state index in [0.29, 0.717) is 23.8 Å². The van der Waals surface area contributed by atoms with Gasteiger partial charge in [0, 0.05) is 24.8 Å². The number of aromatic nitrogens is 2. The monoisotopic (exact) mass is 391 g/mol. The molecule has 0 aliphatic rings. The van der Waals surface area contributed by atoms with Crippen LogP contribution in [0.3, 0.4) is 0 Å². The summed E-state index contributed by atoms with van der Waals surface area (Å²) in [6.45, 7) is 2.09. The summed E-state index contributed by atoms with van der Waals surface area (Å²) in [5.74, 6) is 1.07. The molecule has 0 saturated carbocycles. The summed E-state index contributed by atoms with van der Waals surface area (Å²) in [7, 11) is 4.00. The highest BCUT2D eigenvalue weighted by Gasteiger charge is 2.09. The first-order valence-corrected chi connectivity index (χ1v) is 9.39. The quantitative estimate of drug-likeness (QED) is 0.583. The third kappa shape index (κ3) is 6.58. The van der Waals surface area contributed by atoms with Crippen molar-refractivity contribution in [2.45, 2.75) is 6.61 Å². The molecule has 0 fully saturated rings. The zero-order chi connectivity index (χ0) is 20.5. The highest BCUT2D eigenvalue weighted by atomic mass is 16.5. The number of carbonyl (C=O) groups excluding carboxylic acids is 1. The molecule has 0 unspecified atom stereocenters. The fraction of sp³-hybridized carbons (Fsp3) is 0.227. The summed E-state index contributed by atoms with van der Waals surface area (Å²) >= 11 is 0. The highest BCUT2D eigenvalue weighted by molar-refractivity contribution is 6.03. The van der Waals surface area contributed by atoms with Crippen molar-refractivity contribution in [2.75, 3.05) is 37.8 Å². The standard InChI is InChI=1S/C22H25N5O2/c1-27(2)13-12-23-21-14-20(24-16-25-21)22(28)26-18-8-10-19(11-9-18)29-15-17-6-4-3-5-7-17/h3-11,14,16H,12-13,15H2,1-2H3,(H,26,28)(H,23,24,25). The van der Waals surface area contributed by atoms with E-state index in [2.05, 4.69) is 25.5 Å². The second-order valence-corrected chi connectivity index (χ2v) is 6.77. The highest BCUT2D eigenvalue weighted by Crippen LogP contribution is 2.18. The number of ether oxygens (including phenoxy) is 1. The maximum absolute atomic E-state index is 12.5. The SMILES string of the molecule is CN(C)CCNc1cc(C(=O)Nc2ccc(OCc3ccccc3)cc2)ncn1. The Morgan fingerprint density at radius 2 is 1.79 bits per heavy atom. The number of amides is 1. The fourth-order valence-corrected chi connectivity index (χ4v) is 2.56. The summed E-state index contributed by atoms with van der Waals surface area (Å²) < 4.78 is 5.76. The van der Waals surface area contributed by atoms with Gasteiger partial charge in [-0.2, -0.15) is 0 Å². The zero-order valence-electron chi connectivity index (χ0n) is 16.6. The van der Waals surface area contributed by atoms with Gasteiger partial charge in [0.2, 0.25) is 0 Å². The third-order valence-electron chi connectivity index (χ3n) is 4.13. The van der Waals surface area contributed by atoms with Crippen LogP contribution in [0.2, 0.25) is 0 Å². The second-order valence-electron chi connectivity index (χ2n) is 6.77. The lowest BCUT2D eigenvalue weighted by Crippen LogP contribution is -2.21. The van der Waals surface area contributed by atoms with Crippen molar-refractivity contribution in [3.05, 3.63) is 78.2 Å². The Labute approximate surface area is 170 Å². The van der Waals surface area contributed by atoms with Crippen LogP contribution in [0.25, 0.3) is 0 Å². The number of nitrogens with one attached hydrogen (secondary N) is 2. The summed E-state index contributed by atoms with van der Waals surface area (Å²) in [6.07, 6.45) is 1.38. The molecule has 0 aliphatic heterocycles. The molecule has 0 atom stereocenters. The molecule has 7 nitrogen and oxygen atoms in total. The van der Waals surface area contributed by atoms with Gasteiger partial charge < -0.3 is 20.3 Å². The fourth-order valence-electron chi connectivity index (χ4n) is 2.56. The molecular formula is C22H25N5O2. The van der Waals surface area contributed by atoms with Crippen LogP contribution < -0.4 is 15.4 Å². The van der Waals surface area contributed by atoms with Crippen molar-refractivity contribution in [3.63, 3.8) is 0 Å². The van der Waals surface area contributed by atoms with Gasteiger partial charge in [-0.25, -0.2) is 9.97 Å². The molecule has 0 spiro atoms. The molecule has 3 aromatic rings. The molecule has 2 N–H and O–H groups in total. The van der Waals surface area contributed by atoms with Crippen LogP contribution in [-0.2, 0) is 6.61 Å². The van der Waals surface area contributed by atoms with Crippen molar-refractivity contribution in [3.8, 4) is 5.75 Å². The Hall–Kier alpha value is -3.45. The number of rotatable bonds is 9. The summed E-state index contributed by atoms with van der Waals surface area (Å²) in [6, 6.07) is 18.9. The molecule has 2 aromatic carbocycles. The van der Waals surface area contributed by atoms with Crippen molar-refractivity contribution >= 4 is 17.4 Å². The maximum atomic E-state index is 12.5. The van der Waals surface area contributed by atoms with Gasteiger partial charge in [0.05, 0.1) is 0 Å². The Bertz CT molecular complexity index is 914. The van der Waals surface area contributed by atoms with E-state index in [-0.39, 0.29) is 5.91 Å². The van der Waals surface area contributed by atoms with Gasteiger partial charge in [-0.15, -0.1) is 0 Å². The van der Waals surface area contributed by atoms with E-state index < -0.39 is 0 Å². The Kier molecular flexibility index (Phi) is 7.13. The van der Waals surface area contributed by atoms with Gasteiger partial charge >= 0.3 is 0 Å². The third-order valence-corrected chi connectivity index (χ3v) is 4.13. The maximum Gasteiger partial charge on any atom is 0.274 e. The molecule has 29 heavy (non-hydrogen) atoms. The van der Waals surface area contributed by atoms with Crippen LogP contribution in [-0.4, -0.2) is 48.0 Å². The number of anilines is 2. The Balaban J connectivity index is 1.53. The molecule has 7 heteroatoms. The van der Waals surface area contributed by atoms with Crippen LogP contribution >= 0.6 is 0 Å². The van der Waals surface area contributed by atoms with Crippen molar-refractivity contribution in [1.82, 2.24) is 14.9 Å². The average Bonchev–Trinajstić information content (AvgIpc) is 2.74. The minimum Gasteiger partial charge on any atom is -0.489 e. The van der Waals surface area contributed by atoms with Crippen LogP contribution in [0.15, 0.2) is 67.0 Å². The Morgan fingerprint density at radius 1 is 1.03 bits per heavy atom. The molecule has 150 valence electrons. The largest absolute Gasteiger partial charge is 0.489 e. The van der Waals surface area contributed by atoms with E-state index >= 15 is 0 Å². The molecule has 3 rings (SSSR count). The predicted octanol–water partition coefficient (Wildman–Crippen LogP) is 3.28. The summed E-state index contributed by atoms with van der Waals surface area (Å²) in [4.78, 5) is 22.7. The predicted molar refractivity (Wildman–Crippen MR) is 114 cm³/mol. The smallest absolute Gasteiger partial charge is 0.274 e. The average molecular weight is 391 g/mol. The lowest BCUT2D eigenvalue weighted by molar-refractivity contribution is 0.102. The molecule has 0 radical (unpaired) electrons. The summed E-state index contributed by atoms with van der Waals surface area (Å²) in [5, 5.41) is 6.02. The topological polar surface area (TPSA) is 79.4 Å². The first-order chi connectivity index (χ1) is 14.1. The van der Waals surface area contributed by atoms with E-state index in [0.717, 1.165) is 24.4 Å². The Morgan fingerprint density at radius 3 is 2.52 bits per heavy atom. The lowest BCUT2D eigenvalue weighted by atomic mass is 10.2. The van der Waals surface area contributed by atoms with Crippen LogP contribution in [0.4, 0.5) is 11.5 Å². The molecule has 0 saturated heterocycles. The number of benzene rings is 2. The van der Waals surface area contributed by atoms with E-state index in [9.17, 15) is 4.79 Å². The normalized spacial score (nSPS) is 10.6. The number of nitrogens with zero attached hydrogens (tertiary/aromatic N) is 3. The zero-order valence-corrected chi connectivity index (χ0v) is 16.6. The molecule has 0 aliphatic carbocycles. The van der Waals surface area contributed by atoms with Crippen LogP contribution in [0, 0.1) is 0 Å². The summed E-state index contributed by atoms with van der Waals surface area (Å²) in [5.41, 5.74) is 2.07. The minimum atomic E-state index is -0.291. The number of carbonyl (C=O) groups is 1. The van der Waals surface area contributed by atoms with Crippen molar-refractivity contribution < 1.29 is 9.53 Å². The molecule has 0 bridgehead atoms. The van der Waals surface area contributed by atoms with E-state index in [1.54, 1.807) is 18.2 Å². The number of hydrogen-bond acceptors (Lipinski definition) is 6. The van der Waals surface area contributed by atoms with E-state index in [1.165, 1.54) is 6.33 Å². The van der Waals surface area contributed by atoms with Gasteiger partial charge in [-0.3, -0.25) is 4.79 Å². The van der Waals surface area contributed by atoms with E-state index in [1.807, 2.05) is 56.6 Å². The van der Waals surface area contributed by atoms with Crippen LogP contribution in [0.5, 0.6) is 5.75 Å². The molecule has 1 amide bonds.